The number of hydrogen-bond acceptors (Lipinski definition) is 5. The summed E-state index contributed by atoms with van der Waals surface area (Å²) in [6, 6.07) is 11.4. The third kappa shape index (κ3) is 3.88. The molecule has 3 rings (SSSR count). The van der Waals surface area contributed by atoms with E-state index in [9.17, 15) is 4.79 Å². The van der Waals surface area contributed by atoms with E-state index < -0.39 is 0 Å². The molecule has 24 heavy (non-hydrogen) atoms. The molecule has 0 bridgehead atoms. The average Bonchev–Trinajstić information content (AvgIpc) is 3.22. The van der Waals surface area contributed by atoms with Crippen molar-refractivity contribution in [3.63, 3.8) is 0 Å². The molecule has 0 spiro atoms. The van der Waals surface area contributed by atoms with Crippen LogP contribution in [-0.4, -0.2) is 26.4 Å². The van der Waals surface area contributed by atoms with E-state index in [-0.39, 0.29) is 11.7 Å². The van der Waals surface area contributed by atoms with Crippen molar-refractivity contribution in [2.75, 3.05) is 5.75 Å². The van der Waals surface area contributed by atoms with E-state index in [1.807, 2.05) is 41.9 Å². The normalized spacial score (nSPS) is 10.8. The molecule has 2 heterocycles. The van der Waals surface area contributed by atoms with Crippen LogP contribution >= 0.6 is 27.7 Å². The first-order chi connectivity index (χ1) is 11.6. The average molecular weight is 407 g/mol. The molecular formula is C16H15BrN4O2S. The van der Waals surface area contributed by atoms with Crippen LogP contribution in [-0.2, 0) is 18.4 Å². The molecule has 0 aliphatic rings. The summed E-state index contributed by atoms with van der Waals surface area (Å²) in [6.07, 6.45) is 1.58. The lowest BCUT2D eigenvalue weighted by Gasteiger charge is -2.06. The zero-order valence-electron chi connectivity index (χ0n) is 12.9. The van der Waals surface area contributed by atoms with E-state index >= 15 is 0 Å². The van der Waals surface area contributed by atoms with Gasteiger partial charge >= 0.3 is 0 Å². The Morgan fingerprint density at radius 2 is 2.12 bits per heavy atom. The fraction of sp³-hybridized carbons (Fsp3) is 0.188. The monoisotopic (exact) mass is 406 g/mol. The van der Waals surface area contributed by atoms with Gasteiger partial charge < -0.3 is 14.3 Å². The molecule has 3 aromatic rings. The molecule has 1 amide bonds. The number of hydrogen-bond donors (Lipinski definition) is 1. The zero-order valence-corrected chi connectivity index (χ0v) is 15.3. The SMILES string of the molecule is Cn1c(SCC(=O)NCc2ccco2)nnc1-c1ccccc1Br. The van der Waals surface area contributed by atoms with Crippen LogP contribution in [0.15, 0.2) is 56.7 Å². The molecule has 0 fully saturated rings. The van der Waals surface area contributed by atoms with Gasteiger partial charge in [-0.1, -0.05) is 45.9 Å². The molecule has 2 aromatic heterocycles. The highest BCUT2D eigenvalue weighted by atomic mass is 79.9. The lowest BCUT2D eigenvalue weighted by Crippen LogP contribution is -2.24. The summed E-state index contributed by atoms with van der Waals surface area (Å²) >= 11 is 4.86. The highest BCUT2D eigenvalue weighted by Crippen LogP contribution is 2.28. The summed E-state index contributed by atoms with van der Waals surface area (Å²) in [5, 5.41) is 11.9. The van der Waals surface area contributed by atoms with Crippen molar-refractivity contribution < 1.29 is 9.21 Å². The lowest BCUT2D eigenvalue weighted by molar-refractivity contribution is -0.118. The lowest BCUT2D eigenvalue weighted by atomic mass is 10.2. The van der Waals surface area contributed by atoms with E-state index in [0.717, 1.165) is 21.6 Å². The van der Waals surface area contributed by atoms with Crippen LogP contribution in [0.5, 0.6) is 0 Å². The van der Waals surface area contributed by atoms with E-state index in [4.69, 9.17) is 4.42 Å². The van der Waals surface area contributed by atoms with Gasteiger partial charge in [-0.05, 0) is 18.2 Å². The second-order valence-corrected chi connectivity index (χ2v) is 6.79. The predicted octanol–water partition coefficient (Wildman–Crippen LogP) is 3.25. The number of nitrogens with zero attached hydrogens (tertiary/aromatic N) is 3. The van der Waals surface area contributed by atoms with Crippen molar-refractivity contribution in [1.29, 1.82) is 0 Å². The number of benzene rings is 1. The second kappa shape index (κ2) is 7.67. The van der Waals surface area contributed by atoms with Crippen LogP contribution in [0.3, 0.4) is 0 Å². The number of carbonyl (C=O) groups excluding carboxylic acids is 1. The summed E-state index contributed by atoms with van der Waals surface area (Å²) < 4.78 is 8.01. The van der Waals surface area contributed by atoms with Crippen LogP contribution in [0.4, 0.5) is 0 Å². The Bertz CT molecular complexity index is 832. The van der Waals surface area contributed by atoms with E-state index in [2.05, 4.69) is 31.4 Å². The third-order valence-electron chi connectivity index (χ3n) is 3.32. The number of furan rings is 1. The van der Waals surface area contributed by atoms with Crippen molar-refractivity contribution in [2.24, 2.45) is 7.05 Å². The third-order valence-corrected chi connectivity index (χ3v) is 5.03. The summed E-state index contributed by atoms with van der Waals surface area (Å²) in [6.45, 7) is 0.382. The summed E-state index contributed by atoms with van der Waals surface area (Å²) in [4.78, 5) is 11.9. The van der Waals surface area contributed by atoms with Crippen molar-refractivity contribution in [3.8, 4) is 11.4 Å². The topological polar surface area (TPSA) is 73.0 Å². The van der Waals surface area contributed by atoms with Gasteiger partial charge in [0, 0.05) is 17.1 Å². The predicted molar refractivity (Wildman–Crippen MR) is 95.4 cm³/mol. The number of carbonyl (C=O) groups is 1. The van der Waals surface area contributed by atoms with Gasteiger partial charge in [-0.25, -0.2) is 0 Å². The minimum Gasteiger partial charge on any atom is -0.467 e. The molecule has 0 aliphatic heterocycles. The maximum Gasteiger partial charge on any atom is 0.230 e. The van der Waals surface area contributed by atoms with Gasteiger partial charge in [-0.2, -0.15) is 0 Å². The first-order valence-electron chi connectivity index (χ1n) is 7.21. The molecule has 0 unspecified atom stereocenters. The summed E-state index contributed by atoms with van der Waals surface area (Å²) in [5.41, 5.74) is 0.960. The van der Waals surface area contributed by atoms with Crippen molar-refractivity contribution in [1.82, 2.24) is 20.1 Å². The Labute approximate surface area is 151 Å². The first-order valence-corrected chi connectivity index (χ1v) is 8.99. The van der Waals surface area contributed by atoms with Crippen molar-refractivity contribution >= 4 is 33.6 Å². The van der Waals surface area contributed by atoms with Gasteiger partial charge in [-0.15, -0.1) is 10.2 Å². The van der Waals surface area contributed by atoms with Crippen LogP contribution < -0.4 is 5.32 Å². The number of amides is 1. The largest absolute Gasteiger partial charge is 0.467 e. The molecule has 8 heteroatoms. The van der Waals surface area contributed by atoms with Crippen LogP contribution in [0, 0.1) is 0 Å². The standard InChI is InChI=1S/C16H15BrN4O2S/c1-21-15(12-6-2-3-7-13(12)17)19-20-16(21)24-10-14(22)18-9-11-5-4-8-23-11/h2-8H,9-10H2,1H3,(H,18,22). The highest BCUT2D eigenvalue weighted by Gasteiger charge is 2.14. The number of aromatic nitrogens is 3. The molecule has 6 nitrogen and oxygen atoms in total. The highest BCUT2D eigenvalue weighted by molar-refractivity contribution is 9.10. The van der Waals surface area contributed by atoms with Gasteiger partial charge in [0.25, 0.3) is 0 Å². The Balaban J connectivity index is 1.60. The first kappa shape index (κ1) is 16.8. The second-order valence-electron chi connectivity index (χ2n) is 4.99. The van der Waals surface area contributed by atoms with Gasteiger partial charge in [-0.3, -0.25) is 4.79 Å². The zero-order chi connectivity index (χ0) is 16.9. The van der Waals surface area contributed by atoms with Gasteiger partial charge in [0.2, 0.25) is 5.91 Å². The molecular weight excluding hydrogens is 392 g/mol. The minimum absolute atomic E-state index is 0.0816. The van der Waals surface area contributed by atoms with Crippen molar-refractivity contribution in [2.45, 2.75) is 11.7 Å². The number of thioether (sulfide) groups is 1. The molecule has 0 saturated heterocycles. The van der Waals surface area contributed by atoms with E-state index in [0.29, 0.717) is 11.7 Å². The maximum atomic E-state index is 11.9. The smallest absolute Gasteiger partial charge is 0.230 e. The Morgan fingerprint density at radius 3 is 2.88 bits per heavy atom. The molecule has 124 valence electrons. The molecule has 0 atom stereocenters. The maximum absolute atomic E-state index is 11.9. The van der Waals surface area contributed by atoms with Gasteiger partial charge in [0.15, 0.2) is 11.0 Å². The molecule has 1 aromatic carbocycles. The Hall–Kier alpha value is -2.06. The number of rotatable bonds is 6. The number of nitrogens with one attached hydrogen (secondary N) is 1. The summed E-state index contributed by atoms with van der Waals surface area (Å²) in [7, 11) is 1.89. The van der Waals surface area contributed by atoms with Gasteiger partial charge in [0.1, 0.15) is 5.76 Å². The van der Waals surface area contributed by atoms with E-state index in [1.54, 1.807) is 12.3 Å². The number of halogens is 1. The molecule has 0 radical (unpaired) electrons. The molecule has 0 saturated carbocycles. The fourth-order valence-electron chi connectivity index (χ4n) is 2.10. The quantitative estimate of drug-likeness (QED) is 0.636. The van der Waals surface area contributed by atoms with Crippen molar-refractivity contribution in [3.05, 3.63) is 52.9 Å². The summed E-state index contributed by atoms with van der Waals surface area (Å²) in [5.74, 6) is 1.66. The van der Waals surface area contributed by atoms with Crippen LogP contribution in [0.25, 0.3) is 11.4 Å². The fourth-order valence-corrected chi connectivity index (χ4v) is 3.30. The molecule has 1 N–H and O–H groups in total. The van der Waals surface area contributed by atoms with Gasteiger partial charge in [0.05, 0.1) is 18.6 Å². The Morgan fingerprint density at radius 1 is 1.29 bits per heavy atom. The van der Waals surface area contributed by atoms with Crippen LogP contribution in [0.1, 0.15) is 5.76 Å². The van der Waals surface area contributed by atoms with Crippen LogP contribution in [0.2, 0.25) is 0 Å². The molecule has 0 aliphatic carbocycles. The minimum atomic E-state index is -0.0816. The Kier molecular flexibility index (Phi) is 5.37. The van der Waals surface area contributed by atoms with E-state index in [1.165, 1.54) is 11.8 Å².